The van der Waals surface area contributed by atoms with Crippen molar-refractivity contribution in [2.45, 2.75) is 19.1 Å². The van der Waals surface area contributed by atoms with Crippen molar-refractivity contribution >= 4 is 17.4 Å². The first kappa shape index (κ1) is 25.7. The first-order valence-electron chi connectivity index (χ1n) is 11.8. The van der Waals surface area contributed by atoms with Gasteiger partial charge < -0.3 is 34.0 Å². The number of ether oxygens (including phenoxy) is 4. The van der Waals surface area contributed by atoms with E-state index in [9.17, 15) is 4.79 Å². The molecule has 1 aliphatic rings. The Kier molecular flexibility index (Phi) is 8.35. The molecule has 0 aliphatic carbocycles. The lowest BCUT2D eigenvalue weighted by molar-refractivity contribution is 0.0608. The maximum Gasteiger partial charge on any atom is 0.322 e. The third kappa shape index (κ3) is 6.24. The predicted molar refractivity (Wildman–Crippen MR) is 141 cm³/mol. The van der Waals surface area contributed by atoms with Crippen molar-refractivity contribution < 1.29 is 28.6 Å². The number of hydrogen-bond acceptors (Lipinski definition) is 7. The molecule has 0 saturated carbocycles. The van der Waals surface area contributed by atoms with Gasteiger partial charge in [0.1, 0.15) is 11.5 Å². The van der Waals surface area contributed by atoms with Crippen LogP contribution in [0.2, 0.25) is 0 Å². The van der Waals surface area contributed by atoms with E-state index in [2.05, 4.69) is 10.5 Å². The van der Waals surface area contributed by atoms with Crippen LogP contribution in [-0.2, 0) is 11.4 Å². The van der Waals surface area contributed by atoms with E-state index < -0.39 is 0 Å². The summed E-state index contributed by atoms with van der Waals surface area (Å²) < 4.78 is 21.5. The second kappa shape index (κ2) is 12.0. The highest BCUT2D eigenvalue weighted by Gasteiger charge is 2.28. The second-order valence-corrected chi connectivity index (χ2v) is 8.40. The molecule has 37 heavy (non-hydrogen) atoms. The minimum Gasteiger partial charge on any atom is -0.497 e. The molecule has 1 atom stereocenters. The van der Waals surface area contributed by atoms with Crippen molar-refractivity contribution in [1.82, 2.24) is 4.90 Å². The van der Waals surface area contributed by atoms with Crippen LogP contribution in [0.25, 0.3) is 0 Å². The third-order valence-corrected chi connectivity index (χ3v) is 6.02. The Morgan fingerprint density at radius 2 is 1.70 bits per heavy atom. The number of rotatable bonds is 10. The maximum atomic E-state index is 13.4. The molecule has 0 radical (unpaired) electrons. The van der Waals surface area contributed by atoms with E-state index in [4.69, 9.17) is 23.8 Å². The molecule has 2 amide bonds. The normalized spacial score (nSPS) is 14.3. The molecule has 1 N–H and O–H groups in total. The molecule has 0 bridgehead atoms. The number of urea groups is 1. The van der Waals surface area contributed by atoms with E-state index in [0.717, 1.165) is 22.6 Å². The van der Waals surface area contributed by atoms with Gasteiger partial charge in [-0.15, -0.1) is 0 Å². The van der Waals surface area contributed by atoms with Gasteiger partial charge in [-0.1, -0.05) is 29.4 Å². The number of methoxy groups -OCH3 is 4. The molecule has 3 aromatic rings. The smallest absolute Gasteiger partial charge is 0.322 e. The Labute approximate surface area is 216 Å². The number of anilines is 1. The molecular formula is C28H31N3O6. The summed E-state index contributed by atoms with van der Waals surface area (Å²) in [4.78, 5) is 20.9. The topological polar surface area (TPSA) is 90.9 Å². The summed E-state index contributed by atoms with van der Waals surface area (Å²) in [5.74, 6) is 2.55. The molecule has 0 spiro atoms. The Hall–Kier alpha value is -4.40. The van der Waals surface area contributed by atoms with E-state index in [-0.39, 0.29) is 12.1 Å². The molecule has 4 rings (SSSR count). The summed E-state index contributed by atoms with van der Waals surface area (Å²) in [5.41, 5.74) is 3.16. The van der Waals surface area contributed by atoms with Crippen LogP contribution in [0.4, 0.5) is 10.5 Å². The van der Waals surface area contributed by atoms with Crippen molar-refractivity contribution in [2.24, 2.45) is 5.16 Å². The van der Waals surface area contributed by atoms with Gasteiger partial charge in [-0.3, -0.25) is 0 Å². The van der Waals surface area contributed by atoms with Crippen LogP contribution >= 0.6 is 0 Å². The maximum absolute atomic E-state index is 13.4. The molecule has 1 aliphatic heterocycles. The van der Waals surface area contributed by atoms with Crippen LogP contribution in [0.3, 0.4) is 0 Å². The summed E-state index contributed by atoms with van der Waals surface area (Å²) in [6.07, 6.45) is 0.212. The van der Waals surface area contributed by atoms with E-state index in [1.54, 1.807) is 45.5 Å². The van der Waals surface area contributed by atoms with Gasteiger partial charge in [-0.2, -0.15) is 0 Å². The monoisotopic (exact) mass is 505 g/mol. The van der Waals surface area contributed by atoms with Gasteiger partial charge in [-0.25, -0.2) is 4.79 Å². The summed E-state index contributed by atoms with van der Waals surface area (Å²) in [5, 5.41) is 7.26. The number of carbonyl (C=O) groups excluding carboxylic acids is 1. The summed E-state index contributed by atoms with van der Waals surface area (Å²) in [7, 11) is 6.37. The van der Waals surface area contributed by atoms with Crippen LogP contribution in [0.5, 0.6) is 23.0 Å². The number of benzene rings is 3. The number of hydrogen-bond donors (Lipinski definition) is 1. The number of amides is 2. The molecule has 0 fully saturated rings. The van der Waals surface area contributed by atoms with Gasteiger partial charge >= 0.3 is 6.03 Å². The van der Waals surface area contributed by atoms with Crippen LogP contribution in [0.15, 0.2) is 71.9 Å². The Morgan fingerprint density at radius 3 is 2.46 bits per heavy atom. The number of para-hydroxylation sites is 2. The molecule has 0 unspecified atom stereocenters. The fourth-order valence-electron chi connectivity index (χ4n) is 4.11. The summed E-state index contributed by atoms with van der Waals surface area (Å²) in [6, 6.07) is 20.2. The number of carbonyl (C=O) groups is 1. The zero-order chi connectivity index (χ0) is 26.2. The number of nitrogens with one attached hydrogen (secondary N) is 1. The molecule has 1 heterocycles. The van der Waals surface area contributed by atoms with Crippen LogP contribution in [-0.4, -0.2) is 57.7 Å². The minimum atomic E-state index is -0.322. The highest BCUT2D eigenvalue weighted by atomic mass is 16.6. The Bertz CT molecular complexity index is 1260. The lowest BCUT2D eigenvalue weighted by Gasteiger charge is -2.26. The largest absolute Gasteiger partial charge is 0.497 e. The van der Waals surface area contributed by atoms with Crippen molar-refractivity contribution in [3.05, 3.63) is 77.9 Å². The van der Waals surface area contributed by atoms with Crippen molar-refractivity contribution in [1.29, 1.82) is 0 Å². The van der Waals surface area contributed by atoms with Gasteiger partial charge in [0.25, 0.3) is 0 Å². The average molecular weight is 506 g/mol. The quantitative estimate of drug-likeness (QED) is 0.419. The molecule has 194 valence electrons. The third-order valence-electron chi connectivity index (χ3n) is 6.02. The van der Waals surface area contributed by atoms with Gasteiger partial charge in [0, 0.05) is 18.5 Å². The second-order valence-electron chi connectivity index (χ2n) is 8.40. The first-order chi connectivity index (χ1) is 18.0. The van der Waals surface area contributed by atoms with Crippen LogP contribution in [0.1, 0.15) is 17.5 Å². The van der Waals surface area contributed by atoms with Crippen LogP contribution in [0, 0.1) is 0 Å². The van der Waals surface area contributed by atoms with E-state index in [1.165, 1.54) is 0 Å². The predicted octanol–water partition coefficient (Wildman–Crippen LogP) is 4.95. The van der Waals surface area contributed by atoms with E-state index >= 15 is 0 Å². The highest BCUT2D eigenvalue weighted by Crippen LogP contribution is 2.30. The first-order valence-corrected chi connectivity index (χ1v) is 11.8. The Morgan fingerprint density at radius 1 is 0.919 bits per heavy atom. The van der Waals surface area contributed by atoms with E-state index in [1.807, 2.05) is 54.6 Å². The van der Waals surface area contributed by atoms with Gasteiger partial charge in [0.2, 0.25) is 0 Å². The minimum absolute atomic E-state index is 0.282. The van der Waals surface area contributed by atoms with Crippen molar-refractivity contribution in [2.75, 3.05) is 40.3 Å². The zero-order valence-electron chi connectivity index (χ0n) is 21.4. The van der Waals surface area contributed by atoms with Gasteiger partial charge in [-0.05, 0) is 48.0 Å². The van der Waals surface area contributed by atoms with Gasteiger partial charge in [0.15, 0.2) is 17.6 Å². The summed E-state index contributed by atoms with van der Waals surface area (Å²) in [6.45, 7) is 0.669. The van der Waals surface area contributed by atoms with Crippen molar-refractivity contribution in [3.8, 4) is 23.0 Å². The van der Waals surface area contributed by atoms with Crippen LogP contribution < -0.4 is 24.3 Å². The molecule has 0 saturated heterocycles. The molecule has 0 aromatic heterocycles. The van der Waals surface area contributed by atoms with Gasteiger partial charge in [0.05, 0.1) is 46.4 Å². The fourth-order valence-corrected chi connectivity index (χ4v) is 4.11. The molecule has 9 heteroatoms. The Balaban J connectivity index is 1.51. The number of nitrogens with zero attached hydrogens (tertiary/aromatic N) is 2. The fraction of sp³-hybridized carbons (Fsp3) is 0.286. The average Bonchev–Trinajstić information content (AvgIpc) is 3.41. The molecular weight excluding hydrogens is 474 g/mol. The zero-order valence-corrected chi connectivity index (χ0v) is 21.4. The SMILES string of the molecule is COc1cccc(CN(C[C@@H]2CC(c3ccc(OC)c(OC)c3)=NO2)C(=O)Nc2ccccc2OC)c1. The van der Waals surface area contributed by atoms with Crippen molar-refractivity contribution in [3.63, 3.8) is 0 Å². The molecule has 9 nitrogen and oxygen atoms in total. The molecule has 3 aromatic carbocycles. The lowest BCUT2D eigenvalue weighted by atomic mass is 10.0. The number of oxime groups is 1. The summed E-state index contributed by atoms with van der Waals surface area (Å²) >= 11 is 0. The standard InChI is InChI=1S/C28H31N3O6/c1-33-21-9-7-8-19(14-21)17-31(28(32)29-23-10-5-6-11-25(23)34-2)18-22-16-24(30-37-22)20-12-13-26(35-3)27(15-20)36-4/h5-15,22H,16-18H2,1-4H3,(H,29,32)/t22-/m0/s1. The highest BCUT2D eigenvalue weighted by molar-refractivity contribution is 6.01. The van der Waals surface area contributed by atoms with E-state index in [0.29, 0.717) is 42.4 Å². The lowest BCUT2D eigenvalue weighted by Crippen LogP contribution is -2.40.